The van der Waals surface area contributed by atoms with Gasteiger partial charge in [0, 0.05) is 18.4 Å². The number of alkyl halides is 3. The summed E-state index contributed by atoms with van der Waals surface area (Å²) in [4.78, 5) is 38.1. The molecule has 10 heteroatoms. The number of anilines is 1. The summed E-state index contributed by atoms with van der Waals surface area (Å²) >= 11 is 0. The van der Waals surface area contributed by atoms with Crippen LogP contribution in [-0.4, -0.2) is 34.4 Å². The summed E-state index contributed by atoms with van der Waals surface area (Å²) in [5.41, 5.74) is 1.21. The Balaban J connectivity index is 2.47. The van der Waals surface area contributed by atoms with Crippen LogP contribution in [0.2, 0.25) is 0 Å². The lowest BCUT2D eigenvalue weighted by atomic mass is 9.95. The Bertz CT molecular complexity index is 1070. The summed E-state index contributed by atoms with van der Waals surface area (Å²) in [7, 11) is 1.45. The van der Waals surface area contributed by atoms with Gasteiger partial charge in [0.05, 0.1) is 11.3 Å². The van der Waals surface area contributed by atoms with Crippen LogP contribution in [0.4, 0.5) is 23.2 Å². The van der Waals surface area contributed by atoms with E-state index in [2.05, 4.69) is 5.32 Å². The van der Waals surface area contributed by atoms with Gasteiger partial charge in [-0.15, -0.1) is 0 Å². The normalized spacial score (nSPS) is 12.6. The van der Waals surface area contributed by atoms with Gasteiger partial charge in [-0.2, -0.15) is 13.2 Å². The predicted molar refractivity (Wildman–Crippen MR) is 111 cm³/mol. The third-order valence-corrected chi connectivity index (χ3v) is 5.20. The molecule has 2 rings (SSSR count). The van der Waals surface area contributed by atoms with Crippen LogP contribution >= 0.6 is 0 Å². The second kappa shape index (κ2) is 9.13. The molecule has 0 bridgehead atoms. The Morgan fingerprint density at radius 3 is 2.16 bits per heavy atom. The highest BCUT2D eigenvalue weighted by Crippen LogP contribution is 2.31. The molecular weight excluding hydrogens is 430 g/mol. The molecule has 0 aliphatic rings. The van der Waals surface area contributed by atoms with Crippen molar-refractivity contribution in [2.24, 2.45) is 7.05 Å². The van der Waals surface area contributed by atoms with E-state index >= 15 is 0 Å². The van der Waals surface area contributed by atoms with E-state index in [0.717, 1.165) is 6.92 Å². The number of aromatic nitrogens is 1. The minimum atomic E-state index is -4.71. The molecule has 0 fully saturated rings. The number of halogens is 4. The number of nitrogens with zero attached hydrogens (tertiary/aromatic N) is 1. The van der Waals surface area contributed by atoms with E-state index in [4.69, 9.17) is 0 Å². The first-order valence-electron chi connectivity index (χ1n) is 9.85. The number of rotatable bonds is 6. The standard InChI is InChI=1S/C22H25F4N3O3/c1-10(2)16-17(20(31)28-14-7-8-15(23)11(3)9-14)12(4)29(6)18(16)19(30)21(32)27-13(5)22(24,25)26/h7-10,13H,1-6H3,(H,27,32)(H,28,31)/t13-/m1/s1. The molecule has 0 saturated heterocycles. The van der Waals surface area contributed by atoms with Crippen LogP contribution in [0.3, 0.4) is 0 Å². The van der Waals surface area contributed by atoms with Gasteiger partial charge < -0.3 is 15.2 Å². The number of hydrogen-bond donors (Lipinski definition) is 2. The number of carbonyl (C=O) groups excluding carboxylic acids is 3. The average molecular weight is 455 g/mol. The zero-order chi connectivity index (χ0) is 24.5. The molecule has 32 heavy (non-hydrogen) atoms. The van der Waals surface area contributed by atoms with Crippen molar-refractivity contribution in [2.75, 3.05) is 5.32 Å². The Labute approximate surface area is 183 Å². The number of amides is 2. The minimum absolute atomic E-state index is 0.129. The van der Waals surface area contributed by atoms with Crippen molar-refractivity contribution >= 4 is 23.3 Å². The van der Waals surface area contributed by atoms with E-state index in [1.54, 1.807) is 26.1 Å². The Morgan fingerprint density at radius 2 is 1.66 bits per heavy atom. The summed E-state index contributed by atoms with van der Waals surface area (Å²) in [6.07, 6.45) is -4.71. The van der Waals surface area contributed by atoms with E-state index < -0.39 is 41.6 Å². The van der Waals surface area contributed by atoms with E-state index in [1.807, 2.05) is 0 Å². The van der Waals surface area contributed by atoms with E-state index in [9.17, 15) is 31.9 Å². The fourth-order valence-electron chi connectivity index (χ4n) is 3.32. The molecule has 1 aromatic carbocycles. The van der Waals surface area contributed by atoms with Crippen LogP contribution in [-0.2, 0) is 11.8 Å². The summed E-state index contributed by atoms with van der Waals surface area (Å²) in [5.74, 6) is -4.02. The molecule has 0 aliphatic carbocycles. The fraction of sp³-hybridized carbons (Fsp3) is 0.409. The van der Waals surface area contributed by atoms with E-state index in [0.29, 0.717) is 16.9 Å². The molecule has 174 valence electrons. The average Bonchev–Trinajstić information content (AvgIpc) is 2.94. The Hall–Kier alpha value is -3.17. The highest BCUT2D eigenvalue weighted by molar-refractivity contribution is 6.43. The fourth-order valence-corrected chi connectivity index (χ4v) is 3.32. The summed E-state index contributed by atoms with van der Waals surface area (Å²) < 4.78 is 53.2. The summed E-state index contributed by atoms with van der Waals surface area (Å²) in [5, 5.41) is 4.30. The molecule has 6 nitrogen and oxygen atoms in total. The molecule has 0 aliphatic heterocycles. The number of ketones is 1. The number of carbonyl (C=O) groups is 3. The van der Waals surface area contributed by atoms with Gasteiger partial charge in [0.25, 0.3) is 17.6 Å². The SMILES string of the molecule is Cc1cc(NC(=O)c2c(C(C)C)c(C(=O)C(=O)N[C@H](C)C(F)(F)F)n(C)c2C)ccc1F. The van der Waals surface area contributed by atoms with Crippen LogP contribution in [0.25, 0.3) is 0 Å². The minimum Gasteiger partial charge on any atom is -0.344 e. The van der Waals surface area contributed by atoms with Crippen LogP contribution in [0.15, 0.2) is 18.2 Å². The quantitative estimate of drug-likeness (QED) is 0.385. The lowest BCUT2D eigenvalue weighted by Crippen LogP contribution is -2.46. The molecule has 0 unspecified atom stereocenters. The molecule has 0 saturated carbocycles. The van der Waals surface area contributed by atoms with Gasteiger partial charge in [-0.1, -0.05) is 13.8 Å². The van der Waals surface area contributed by atoms with Crippen LogP contribution in [0, 0.1) is 19.7 Å². The zero-order valence-electron chi connectivity index (χ0n) is 18.6. The third-order valence-electron chi connectivity index (χ3n) is 5.20. The highest BCUT2D eigenvalue weighted by Gasteiger charge is 2.39. The number of benzene rings is 1. The first-order chi connectivity index (χ1) is 14.7. The van der Waals surface area contributed by atoms with E-state index in [-0.39, 0.29) is 16.8 Å². The van der Waals surface area contributed by atoms with Crippen LogP contribution < -0.4 is 10.6 Å². The van der Waals surface area contributed by atoms with Gasteiger partial charge in [0.1, 0.15) is 11.9 Å². The number of hydrogen-bond acceptors (Lipinski definition) is 3. The van der Waals surface area contributed by atoms with Gasteiger partial charge in [0.15, 0.2) is 0 Å². The maximum atomic E-state index is 13.5. The predicted octanol–water partition coefficient (Wildman–Crippen LogP) is 4.41. The Morgan fingerprint density at radius 1 is 1.06 bits per heavy atom. The lowest BCUT2D eigenvalue weighted by Gasteiger charge is -2.17. The van der Waals surface area contributed by atoms with Gasteiger partial charge in [0.2, 0.25) is 0 Å². The van der Waals surface area contributed by atoms with Gasteiger partial charge in [-0.3, -0.25) is 14.4 Å². The number of aryl methyl sites for hydroxylation is 1. The molecule has 2 aromatic rings. The van der Waals surface area contributed by atoms with Gasteiger partial charge in [-0.25, -0.2) is 4.39 Å². The van der Waals surface area contributed by atoms with Gasteiger partial charge in [-0.05, 0) is 56.0 Å². The lowest BCUT2D eigenvalue weighted by molar-refractivity contribution is -0.156. The molecular formula is C22H25F4N3O3. The van der Waals surface area contributed by atoms with E-state index in [1.165, 1.54) is 36.7 Å². The topological polar surface area (TPSA) is 80.2 Å². The second-order valence-corrected chi connectivity index (χ2v) is 7.92. The molecule has 0 spiro atoms. The summed E-state index contributed by atoms with van der Waals surface area (Å²) in [6, 6.07) is 1.81. The molecule has 2 N–H and O–H groups in total. The van der Waals surface area contributed by atoms with Crippen molar-refractivity contribution < 1.29 is 31.9 Å². The largest absolute Gasteiger partial charge is 0.408 e. The van der Waals surface area contributed by atoms with Crippen molar-refractivity contribution in [1.29, 1.82) is 0 Å². The van der Waals surface area contributed by atoms with Crippen molar-refractivity contribution in [3.05, 3.63) is 52.1 Å². The van der Waals surface area contributed by atoms with Crippen molar-refractivity contribution in [3.63, 3.8) is 0 Å². The van der Waals surface area contributed by atoms with Crippen LogP contribution in [0.5, 0.6) is 0 Å². The first-order valence-corrected chi connectivity index (χ1v) is 9.85. The highest BCUT2D eigenvalue weighted by atomic mass is 19.4. The summed E-state index contributed by atoms with van der Waals surface area (Å²) in [6.45, 7) is 7.22. The third kappa shape index (κ3) is 5.00. The zero-order valence-corrected chi connectivity index (χ0v) is 18.6. The van der Waals surface area contributed by atoms with Crippen molar-refractivity contribution in [3.8, 4) is 0 Å². The molecule has 1 heterocycles. The maximum Gasteiger partial charge on any atom is 0.408 e. The second-order valence-electron chi connectivity index (χ2n) is 7.92. The van der Waals surface area contributed by atoms with Crippen molar-refractivity contribution in [2.45, 2.75) is 52.8 Å². The number of Topliss-reactive ketones (excluding diaryl/α,β-unsaturated/α-hetero) is 1. The molecule has 1 atom stereocenters. The number of nitrogens with one attached hydrogen (secondary N) is 2. The smallest absolute Gasteiger partial charge is 0.344 e. The monoisotopic (exact) mass is 455 g/mol. The van der Waals surface area contributed by atoms with Gasteiger partial charge >= 0.3 is 6.18 Å². The molecule has 1 aromatic heterocycles. The first kappa shape index (κ1) is 25.1. The Kier molecular flexibility index (Phi) is 7.16. The van der Waals surface area contributed by atoms with Crippen LogP contribution in [0.1, 0.15) is 64.4 Å². The molecule has 0 radical (unpaired) electrons. The maximum absolute atomic E-state index is 13.5. The van der Waals surface area contributed by atoms with Crippen molar-refractivity contribution in [1.82, 2.24) is 9.88 Å². The molecule has 2 amide bonds.